The molecule has 0 radical (unpaired) electrons. The third-order valence-corrected chi connectivity index (χ3v) is 5.38. The number of anilines is 1. The van der Waals surface area contributed by atoms with E-state index in [0.29, 0.717) is 47.8 Å². The fraction of sp³-hybridized carbons (Fsp3) is 0.261. The number of carbonyl (C=O) groups excluding carboxylic acids is 1. The van der Waals surface area contributed by atoms with Gasteiger partial charge in [-0.2, -0.15) is 4.98 Å². The number of esters is 1. The number of hydrogen-bond donors (Lipinski definition) is 1. The van der Waals surface area contributed by atoms with Crippen LogP contribution in [0.1, 0.15) is 24.9 Å². The van der Waals surface area contributed by atoms with Crippen LogP contribution >= 0.6 is 0 Å². The minimum atomic E-state index is -0.522. The van der Waals surface area contributed by atoms with Crippen LogP contribution in [0.4, 0.5) is 5.95 Å². The lowest BCUT2D eigenvalue weighted by Crippen LogP contribution is -2.29. The molecule has 1 aromatic heterocycles. The van der Waals surface area contributed by atoms with Crippen LogP contribution in [0.15, 0.2) is 59.8 Å². The third-order valence-electron chi connectivity index (χ3n) is 5.38. The van der Waals surface area contributed by atoms with Gasteiger partial charge in [0.05, 0.1) is 25.9 Å². The number of nitrogens with zero attached hydrogens (tertiary/aromatic N) is 3. The second-order valence-electron chi connectivity index (χ2n) is 7.38. The summed E-state index contributed by atoms with van der Waals surface area (Å²) < 4.78 is 18.5. The van der Waals surface area contributed by atoms with Crippen LogP contribution in [-0.2, 0) is 9.53 Å². The third kappa shape index (κ3) is 3.39. The summed E-state index contributed by atoms with van der Waals surface area (Å²) in [6, 6.07) is 14.9. The van der Waals surface area contributed by atoms with Crippen molar-refractivity contribution < 1.29 is 19.0 Å². The monoisotopic (exact) mass is 418 g/mol. The van der Waals surface area contributed by atoms with E-state index in [4.69, 9.17) is 19.3 Å². The van der Waals surface area contributed by atoms with E-state index in [1.165, 1.54) is 7.11 Å². The molecule has 0 amide bonds. The molecular formula is C23H22N4O4. The molecule has 0 saturated carbocycles. The summed E-state index contributed by atoms with van der Waals surface area (Å²) in [6.45, 7) is 3.02. The Morgan fingerprint density at radius 1 is 1.13 bits per heavy atom. The summed E-state index contributed by atoms with van der Waals surface area (Å²) in [5, 5.41) is 7.94. The summed E-state index contributed by atoms with van der Waals surface area (Å²) in [7, 11) is 1.37. The summed E-state index contributed by atoms with van der Waals surface area (Å²) in [5.74, 6) is 2.05. The van der Waals surface area contributed by atoms with Crippen LogP contribution < -0.4 is 14.8 Å². The maximum atomic E-state index is 12.8. The van der Waals surface area contributed by atoms with E-state index in [-0.39, 0.29) is 0 Å². The van der Waals surface area contributed by atoms with Gasteiger partial charge in [0.2, 0.25) is 5.95 Å². The number of fused-ring (bicyclic) bond motifs is 2. The predicted octanol–water partition coefficient (Wildman–Crippen LogP) is 3.57. The fourth-order valence-electron chi connectivity index (χ4n) is 3.89. The highest BCUT2D eigenvalue weighted by molar-refractivity contribution is 5.92. The molecule has 0 aliphatic carbocycles. The van der Waals surface area contributed by atoms with Crippen molar-refractivity contribution >= 4 is 11.9 Å². The molecule has 158 valence electrons. The molecule has 1 N–H and O–H groups in total. The molecule has 5 rings (SSSR count). The van der Waals surface area contributed by atoms with Crippen molar-refractivity contribution in [2.45, 2.75) is 19.4 Å². The highest BCUT2D eigenvalue weighted by atomic mass is 16.5. The first-order chi connectivity index (χ1) is 15.2. The number of benzene rings is 2. The first kappa shape index (κ1) is 19.2. The lowest BCUT2D eigenvalue weighted by atomic mass is 9.95. The van der Waals surface area contributed by atoms with Crippen LogP contribution in [0.5, 0.6) is 11.5 Å². The predicted molar refractivity (Wildman–Crippen MR) is 114 cm³/mol. The number of carbonyl (C=O) groups is 1. The number of nitrogens with one attached hydrogen (secondary N) is 1. The molecule has 1 atom stereocenters. The normalized spacial score (nSPS) is 17.4. The number of rotatable bonds is 3. The summed E-state index contributed by atoms with van der Waals surface area (Å²) >= 11 is 0. The van der Waals surface area contributed by atoms with E-state index in [9.17, 15) is 4.79 Å². The van der Waals surface area contributed by atoms with Gasteiger partial charge in [-0.25, -0.2) is 9.48 Å². The van der Waals surface area contributed by atoms with Gasteiger partial charge >= 0.3 is 5.97 Å². The minimum absolute atomic E-state index is 0.426. The van der Waals surface area contributed by atoms with Gasteiger partial charge in [0.15, 0.2) is 17.3 Å². The molecule has 31 heavy (non-hydrogen) atoms. The Balaban J connectivity index is 1.65. The molecular weight excluding hydrogens is 396 g/mol. The fourth-order valence-corrected chi connectivity index (χ4v) is 3.89. The van der Waals surface area contributed by atoms with E-state index < -0.39 is 12.0 Å². The number of ether oxygens (including phenoxy) is 3. The molecule has 2 aliphatic heterocycles. The Bertz CT molecular complexity index is 1170. The van der Waals surface area contributed by atoms with Gasteiger partial charge in [-0.1, -0.05) is 36.4 Å². The van der Waals surface area contributed by atoms with Crippen LogP contribution in [0.25, 0.3) is 11.4 Å². The van der Waals surface area contributed by atoms with Crippen molar-refractivity contribution in [1.29, 1.82) is 0 Å². The van der Waals surface area contributed by atoms with E-state index in [2.05, 4.69) is 10.3 Å². The zero-order valence-electron chi connectivity index (χ0n) is 17.3. The van der Waals surface area contributed by atoms with Gasteiger partial charge in [0.25, 0.3) is 0 Å². The molecule has 0 saturated heterocycles. The van der Waals surface area contributed by atoms with Gasteiger partial charge in [-0.05, 0) is 24.6 Å². The van der Waals surface area contributed by atoms with Crippen LogP contribution in [-0.4, -0.2) is 41.1 Å². The van der Waals surface area contributed by atoms with Gasteiger partial charge < -0.3 is 19.5 Å². The maximum Gasteiger partial charge on any atom is 0.338 e. The zero-order valence-corrected chi connectivity index (χ0v) is 17.3. The van der Waals surface area contributed by atoms with E-state index in [1.54, 1.807) is 4.68 Å². The second-order valence-corrected chi connectivity index (χ2v) is 7.38. The van der Waals surface area contributed by atoms with Gasteiger partial charge in [0.1, 0.15) is 6.04 Å². The van der Waals surface area contributed by atoms with E-state index >= 15 is 0 Å². The molecule has 8 heteroatoms. The average Bonchev–Trinajstić information content (AvgIpc) is 3.07. The first-order valence-electron chi connectivity index (χ1n) is 10.1. The molecule has 8 nitrogen and oxygen atoms in total. The standard InChI is InChI=1S/C23H22N4O4/c1-14-19(22(28)29-2)20(16-9-10-17-18(13-16)31-12-6-11-30-17)27-23(24-14)25-21(26-27)15-7-4-3-5-8-15/h3-5,7-10,13,20H,6,11-12H2,1-2H3,(H,24,25,26). The smallest absolute Gasteiger partial charge is 0.338 e. The van der Waals surface area contributed by atoms with Gasteiger partial charge in [-0.15, -0.1) is 5.10 Å². The SMILES string of the molecule is COC(=O)C1=C(C)Nc2nc(-c3ccccc3)nn2C1c1ccc2c(c1)OCCCO2. The van der Waals surface area contributed by atoms with Crippen LogP contribution in [0.2, 0.25) is 0 Å². The van der Waals surface area contributed by atoms with Crippen molar-refractivity contribution in [1.82, 2.24) is 14.8 Å². The van der Waals surface area contributed by atoms with Crippen LogP contribution in [0, 0.1) is 0 Å². The minimum Gasteiger partial charge on any atom is -0.490 e. The molecule has 0 fully saturated rings. The Morgan fingerprint density at radius 3 is 2.68 bits per heavy atom. The topological polar surface area (TPSA) is 87.5 Å². The van der Waals surface area contributed by atoms with Crippen molar-refractivity contribution in [2.24, 2.45) is 0 Å². The lowest BCUT2D eigenvalue weighted by molar-refractivity contribution is -0.136. The molecule has 2 aliphatic rings. The Kier molecular flexibility index (Phi) is 4.82. The molecule has 1 unspecified atom stereocenters. The van der Waals surface area contributed by atoms with Crippen LogP contribution in [0.3, 0.4) is 0 Å². The van der Waals surface area contributed by atoms with E-state index in [1.807, 2.05) is 55.5 Å². The van der Waals surface area contributed by atoms with Gasteiger partial charge in [-0.3, -0.25) is 0 Å². The average molecular weight is 418 g/mol. The molecule has 3 heterocycles. The number of allylic oxidation sites excluding steroid dienone is 1. The van der Waals surface area contributed by atoms with Crippen molar-refractivity contribution in [3.8, 4) is 22.9 Å². The number of hydrogen-bond acceptors (Lipinski definition) is 7. The zero-order chi connectivity index (χ0) is 21.4. The lowest BCUT2D eigenvalue weighted by Gasteiger charge is -2.28. The maximum absolute atomic E-state index is 12.8. The molecule has 2 aromatic carbocycles. The highest BCUT2D eigenvalue weighted by Gasteiger charge is 2.35. The highest BCUT2D eigenvalue weighted by Crippen LogP contribution is 2.40. The van der Waals surface area contributed by atoms with Crippen molar-refractivity contribution in [3.63, 3.8) is 0 Å². The van der Waals surface area contributed by atoms with Crippen molar-refractivity contribution in [3.05, 3.63) is 65.4 Å². The van der Waals surface area contributed by atoms with Crippen molar-refractivity contribution in [2.75, 3.05) is 25.6 Å². The Hall–Kier alpha value is -3.81. The molecule has 0 bridgehead atoms. The quantitative estimate of drug-likeness (QED) is 0.651. The Morgan fingerprint density at radius 2 is 1.90 bits per heavy atom. The molecule has 0 spiro atoms. The number of methoxy groups -OCH3 is 1. The number of aromatic nitrogens is 3. The molecule has 3 aromatic rings. The van der Waals surface area contributed by atoms with Gasteiger partial charge in [0, 0.05) is 17.7 Å². The summed E-state index contributed by atoms with van der Waals surface area (Å²) in [4.78, 5) is 17.4. The Labute approximate surface area is 179 Å². The largest absolute Gasteiger partial charge is 0.490 e. The van der Waals surface area contributed by atoms with E-state index in [0.717, 1.165) is 17.5 Å². The first-order valence-corrected chi connectivity index (χ1v) is 10.1. The second kappa shape index (κ2) is 7.79. The summed E-state index contributed by atoms with van der Waals surface area (Å²) in [5.41, 5.74) is 2.86. The summed E-state index contributed by atoms with van der Waals surface area (Å²) in [6.07, 6.45) is 0.817.